The summed E-state index contributed by atoms with van der Waals surface area (Å²) >= 11 is 1.21. The van der Waals surface area contributed by atoms with Gasteiger partial charge in [-0.1, -0.05) is 6.07 Å². The second kappa shape index (κ2) is 7.38. The molecule has 1 aromatic heterocycles. The molecule has 10 heteroatoms. The van der Waals surface area contributed by atoms with Gasteiger partial charge in [-0.25, -0.2) is 22.3 Å². The molecule has 118 valence electrons. The van der Waals surface area contributed by atoms with Crippen molar-refractivity contribution in [2.75, 3.05) is 26.4 Å². The van der Waals surface area contributed by atoms with E-state index in [1.807, 2.05) is 0 Å². The third-order valence-electron chi connectivity index (χ3n) is 2.55. The highest BCUT2D eigenvalue weighted by molar-refractivity contribution is 7.89. The van der Waals surface area contributed by atoms with E-state index in [2.05, 4.69) is 10.6 Å². The first-order valence-corrected chi connectivity index (χ1v) is 8.43. The SMILES string of the molecule is CN(C)S(=O)(=O)CCNC(=O)NC(C(=O)O)c1cccs1. The lowest BCUT2D eigenvalue weighted by atomic mass is 10.2. The number of carbonyl (C=O) groups is 2. The van der Waals surface area contributed by atoms with Crippen LogP contribution in [-0.2, 0) is 14.8 Å². The normalized spacial score (nSPS) is 12.9. The Hall–Kier alpha value is -1.65. The first-order chi connectivity index (χ1) is 9.74. The van der Waals surface area contributed by atoms with E-state index in [1.54, 1.807) is 17.5 Å². The Kier molecular flexibility index (Phi) is 6.12. The summed E-state index contributed by atoms with van der Waals surface area (Å²) in [5, 5.41) is 15.4. The van der Waals surface area contributed by atoms with Crippen LogP contribution in [0.1, 0.15) is 10.9 Å². The molecular weight excluding hydrogens is 318 g/mol. The molecule has 21 heavy (non-hydrogen) atoms. The fraction of sp³-hybridized carbons (Fsp3) is 0.455. The number of carboxylic acids is 1. The van der Waals surface area contributed by atoms with Gasteiger partial charge in [-0.05, 0) is 11.4 Å². The maximum absolute atomic E-state index is 11.6. The fourth-order valence-electron chi connectivity index (χ4n) is 1.37. The van der Waals surface area contributed by atoms with Gasteiger partial charge in [0.05, 0.1) is 5.75 Å². The Labute approximate surface area is 126 Å². The second-order valence-corrected chi connectivity index (χ2v) is 7.57. The van der Waals surface area contributed by atoms with Gasteiger partial charge in [0.1, 0.15) is 0 Å². The van der Waals surface area contributed by atoms with Crippen LogP contribution in [0.5, 0.6) is 0 Å². The van der Waals surface area contributed by atoms with Crippen LogP contribution < -0.4 is 10.6 Å². The summed E-state index contributed by atoms with van der Waals surface area (Å²) in [5.41, 5.74) is 0. The molecule has 3 N–H and O–H groups in total. The van der Waals surface area contributed by atoms with Gasteiger partial charge < -0.3 is 15.7 Å². The number of sulfonamides is 1. The van der Waals surface area contributed by atoms with Crippen molar-refractivity contribution in [1.29, 1.82) is 0 Å². The van der Waals surface area contributed by atoms with E-state index in [0.717, 1.165) is 4.31 Å². The van der Waals surface area contributed by atoms with Gasteiger partial charge in [-0.3, -0.25) is 0 Å². The summed E-state index contributed by atoms with van der Waals surface area (Å²) in [6, 6.07) is 1.39. The summed E-state index contributed by atoms with van der Waals surface area (Å²) in [5.74, 6) is -1.45. The predicted octanol–water partition coefficient (Wildman–Crippen LogP) is 0.0644. The van der Waals surface area contributed by atoms with Gasteiger partial charge in [0.25, 0.3) is 0 Å². The van der Waals surface area contributed by atoms with Crippen LogP contribution in [0.4, 0.5) is 4.79 Å². The molecule has 0 saturated heterocycles. The number of nitrogens with one attached hydrogen (secondary N) is 2. The molecule has 1 unspecified atom stereocenters. The van der Waals surface area contributed by atoms with Crippen LogP contribution in [-0.4, -0.2) is 56.2 Å². The van der Waals surface area contributed by atoms with Crippen molar-refractivity contribution in [1.82, 2.24) is 14.9 Å². The van der Waals surface area contributed by atoms with Gasteiger partial charge >= 0.3 is 12.0 Å². The summed E-state index contributed by atoms with van der Waals surface area (Å²) in [6.45, 7) is -0.108. The molecule has 8 nitrogen and oxygen atoms in total. The van der Waals surface area contributed by atoms with Gasteiger partial charge in [-0.2, -0.15) is 0 Å². The van der Waals surface area contributed by atoms with Gasteiger partial charge in [0.15, 0.2) is 6.04 Å². The number of hydrogen-bond acceptors (Lipinski definition) is 5. The molecule has 1 atom stereocenters. The Morgan fingerprint density at radius 2 is 2.10 bits per heavy atom. The number of carbonyl (C=O) groups excluding carboxylic acids is 1. The van der Waals surface area contributed by atoms with Crippen LogP contribution >= 0.6 is 11.3 Å². The Bertz CT molecular complexity index is 583. The highest BCUT2D eigenvalue weighted by atomic mass is 32.2. The van der Waals surface area contributed by atoms with Crippen LogP contribution in [0.25, 0.3) is 0 Å². The van der Waals surface area contributed by atoms with Crippen molar-refractivity contribution < 1.29 is 23.1 Å². The molecule has 0 aliphatic rings. The zero-order valence-corrected chi connectivity index (χ0v) is 13.2. The largest absolute Gasteiger partial charge is 0.479 e. The minimum atomic E-state index is -3.41. The second-order valence-electron chi connectivity index (χ2n) is 4.29. The summed E-state index contributed by atoms with van der Waals surface area (Å²) in [4.78, 5) is 23.2. The number of aliphatic carboxylic acids is 1. The standard InChI is InChI=1S/C11H17N3O5S2/c1-14(2)21(18,19)7-5-12-11(17)13-9(10(15)16)8-4-3-6-20-8/h3-4,6,9H,5,7H2,1-2H3,(H,15,16)(H2,12,13,17). The van der Waals surface area contributed by atoms with Crippen LogP contribution in [0.3, 0.4) is 0 Å². The first-order valence-electron chi connectivity index (χ1n) is 5.95. The van der Waals surface area contributed by atoms with E-state index in [9.17, 15) is 18.0 Å². The average molecular weight is 335 g/mol. The third-order valence-corrected chi connectivity index (χ3v) is 5.32. The van der Waals surface area contributed by atoms with Gasteiger partial charge in [0, 0.05) is 25.5 Å². The highest BCUT2D eigenvalue weighted by Crippen LogP contribution is 2.18. The fourth-order valence-corrected chi connectivity index (χ4v) is 2.86. The molecule has 1 rings (SSSR count). The molecule has 0 bridgehead atoms. The number of rotatable bonds is 7. The zero-order chi connectivity index (χ0) is 16.0. The quantitative estimate of drug-likeness (QED) is 0.652. The Morgan fingerprint density at radius 1 is 1.43 bits per heavy atom. The topological polar surface area (TPSA) is 116 Å². The van der Waals surface area contributed by atoms with Gasteiger partial charge in [0.2, 0.25) is 10.0 Å². The maximum atomic E-state index is 11.6. The molecule has 0 saturated carbocycles. The molecule has 2 amide bonds. The van der Waals surface area contributed by atoms with E-state index < -0.39 is 28.1 Å². The van der Waals surface area contributed by atoms with Crippen molar-refractivity contribution in [3.8, 4) is 0 Å². The van der Waals surface area contributed by atoms with Crippen molar-refractivity contribution in [3.63, 3.8) is 0 Å². The highest BCUT2D eigenvalue weighted by Gasteiger charge is 2.23. The number of amides is 2. The Balaban J connectivity index is 2.51. The smallest absolute Gasteiger partial charge is 0.331 e. The summed E-state index contributed by atoms with van der Waals surface area (Å²) in [6.07, 6.45) is 0. The lowest BCUT2D eigenvalue weighted by molar-refractivity contribution is -0.139. The summed E-state index contributed by atoms with van der Waals surface area (Å²) < 4.78 is 24.0. The van der Waals surface area contributed by atoms with Crippen molar-refractivity contribution in [2.24, 2.45) is 0 Å². The monoisotopic (exact) mass is 335 g/mol. The lowest BCUT2D eigenvalue weighted by Crippen LogP contribution is -2.43. The Morgan fingerprint density at radius 3 is 2.57 bits per heavy atom. The number of nitrogens with zero attached hydrogens (tertiary/aromatic N) is 1. The zero-order valence-electron chi connectivity index (χ0n) is 11.6. The van der Waals surface area contributed by atoms with E-state index in [1.165, 1.54) is 25.4 Å². The predicted molar refractivity (Wildman–Crippen MR) is 78.7 cm³/mol. The van der Waals surface area contributed by atoms with E-state index in [-0.39, 0.29) is 12.3 Å². The average Bonchev–Trinajstić information content (AvgIpc) is 2.88. The molecule has 0 aromatic carbocycles. The number of urea groups is 1. The van der Waals surface area contributed by atoms with E-state index in [4.69, 9.17) is 5.11 Å². The molecular formula is C11H17N3O5S2. The first kappa shape index (κ1) is 17.4. The van der Waals surface area contributed by atoms with E-state index in [0.29, 0.717) is 4.88 Å². The molecule has 0 spiro atoms. The molecule has 0 radical (unpaired) electrons. The van der Waals surface area contributed by atoms with Crippen LogP contribution in [0.2, 0.25) is 0 Å². The minimum absolute atomic E-state index is 0.108. The molecule has 0 aliphatic carbocycles. The van der Waals surface area contributed by atoms with Crippen LogP contribution in [0, 0.1) is 0 Å². The van der Waals surface area contributed by atoms with Gasteiger partial charge in [-0.15, -0.1) is 11.3 Å². The molecule has 1 aromatic rings. The molecule has 0 aliphatic heterocycles. The van der Waals surface area contributed by atoms with E-state index >= 15 is 0 Å². The van der Waals surface area contributed by atoms with Crippen molar-refractivity contribution in [2.45, 2.75) is 6.04 Å². The number of thiophene rings is 1. The molecule has 1 heterocycles. The van der Waals surface area contributed by atoms with Crippen LogP contribution in [0.15, 0.2) is 17.5 Å². The molecule has 0 fully saturated rings. The van der Waals surface area contributed by atoms with Crippen molar-refractivity contribution >= 4 is 33.4 Å². The number of hydrogen-bond donors (Lipinski definition) is 3. The minimum Gasteiger partial charge on any atom is -0.479 e. The third kappa shape index (κ3) is 5.33. The van der Waals surface area contributed by atoms with Crippen molar-refractivity contribution in [3.05, 3.63) is 22.4 Å². The lowest BCUT2D eigenvalue weighted by Gasteiger charge is -2.15. The maximum Gasteiger partial charge on any atom is 0.331 e. The summed E-state index contributed by atoms with van der Waals surface area (Å²) in [7, 11) is -0.614. The number of carboxylic acid groups (broad SMARTS) is 1.